The number of hydrogen-bond donors (Lipinski definition) is 2. The molecule has 1 aliphatic carbocycles. The van der Waals surface area contributed by atoms with Crippen molar-refractivity contribution in [1.29, 1.82) is 0 Å². The van der Waals surface area contributed by atoms with Gasteiger partial charge in [-0.05, 0) is 70.0 Å². The monoisotopic (exact) mass is 484 g/mol. The topological polar surface area (TPSA) is 96.7 Å². The quantitative estimate of drug-likeness (QED) is 0.487. The van der Waals surface area contributed by atoms with Gasteiger partial charge in [0.05, 0.1) is 12.1 Å². The van der Waals surface area contributed by atoms with E-state index in [4.69, 9.17) is 20.8 Å². The number of carbonyl (C=O) groups is 2. The van der Waals surface area contributed by atoms with Crippen molar-refractivity contribution in [2.75, 3.05) is 38.4 Å². The zero-order valence-electron chi connectivity index (χ0n) is 19.6. The molecule has 2 aromatic heterocycles. The lowest BCUT2D eigenvalue weighted by Crippen LogP contribution is -2.31. The summed E-state index contributed by atoms with van der Waals surface area (Å²) in [5.74, 6) is 0.809. The van der Waals surface area contributed by atoms with Crippen molar-refractivity contribution in [2.45, 2.75) is 25.7 Å². The summed E-state index contributed by atoms with van der Waals surface area (Å²) < 4.78 is 11.2. The smallest absolute Gasteiger partial charge is 0.294 e. The molecule has 2 heterocycles. The Labute approximate surface area is 203 Å². The lowest BCUT2D eigenvalue weighted by atomic mass is 9.81. The van der Waals surface area contributed by atoms with Crippen LogP contribution in [0.5, 0.6) is 5.75 Å². The fraction of sp³-hybridized carbons (Fsp3) is 0.400. The van der Waals surface area contributed by atoms with E-state index < -0.39 is 5.91 Å². The van der Waals surface area contributed by atoms with Gasteiger partial charge in [-0.1, -0.05) is 11.6 Å². The predicted octanol–water partition coefficient (Wildman–Crippen LogP) is 5.05. The number of pyridine rings is 1. The van der Waals surface area contributed by atoms with Crippen LogP contribution in [0.3, 0.4) is 0 Å². The van der Waals surface area contributed by atoms with Crippen LogP contribution in [0.15, 0.2) is 40.9 Å². The van der Waals surface area contributed by atoms with Crippen molar-refractivity contribution in [2.24, 2.45) is 11.8 Å². The molecule has 3 aromatic rings. The Bertz CT molecular complexity index is 1170. The summed E-state index contributed by atoms with van der Waals surface area (Å²) in [6.07, 6.45) is 5.11. The van der Waals surface area contributed by atoms with Crippen LogP contribution in [0, 0.1) is 11.8 Å². The van der Waals surface area contributed by atoms with Crippen molar-refractivity contribution < 1.29 is 18.7 Å². The number of nitrogens with zero attached hydrogens (tertiary/aromatic N) is 2. The molecule has 1 fully saturated rings. The number of fused-ring (bicyclic) bond motifs is 1. The number of amides is 2. The summed E-state index contributed by atoms with van der Waals surface area (Å²) in [5.41, 5.74) is 0.795. The minimum absolute atomic E-state index is 0.00893. The first-order valence-electron chi connectivity index (χ1n) is 11.3. The summed E-state index contributed by atoms with van der Waals surface area (Å²) in [7, 11) is 5.70. The van der Waals surface area contributed by atoms with Gasteiger partial charge < -0.3 is 24.7 Å². The largest absolute Gasteiger partial charge is 0.497 e. The number of aromatic nitrogens is 1. The number of methoxy groups -OCH3 is 1. The molecule has 0 saturated heterocycles. The van der Waals surface area contributed by atoms with Crippen molar-refractivity contribution in [3.63, 3.8) is 0 Å². The van der Waals surface area contributed by atoms with Gasteiger partial charge >= 0.3 is 0 Å². The lowest BCUT2D eigenvalue weighted by molar-refractivity contribution is -0.121. The zero-order chi connectivity index (χ0) is 24.2. The van der Waals surface area contributed by atoms with E-state index in [-0.39, 0.29) is 17.6 Å². The molecule has 1 aromatic carbocycles. The molecule has 1 aliphatic rings. The molecular weight excluding hydrogens is 456 g/mol. The Morgan fingerprint density at radius 2 is 1.91 bits per heavy atom. The van der Waals surface area contributed by atoms with Gasteiger partial charge in [-0.2, -0.15) is 0 Å². The van der Waals surface area contributed by atoms with Gasteiger partial charge in [0.2, 0.25) is 11.7 Å². The molecule has 4 rings (SSSR count). The highest BCUT2D eigenvalue weighted by Crippen LogP contribution is 2.36. The molecule has 1 saturated carbocycles. The Hall–Kier alpha value is -3.10. The molecule has 0 aliphatic heterocycles. The first-order valence-corrected chi connectivity index (χ1v) is 11.7. The average molecular weight is 485 g/mol. The van der Waals surface area contributed by atoms with Crippen LogP contribution < -0.4 is 15.4 Å². The molecule has 2 N–H and O–H groups in total. The number of nitrogens with one attached hydrogen (secondary N) is 2. The normalized spacial score (nSPS) is 18.1. The molecule has 0 radical (unpaired) electrons. The number of hydrogen-bond acceptors (Lipinski definition) is 6. The lowest BCUT2D eigenvalue weighted by Gasteiger charge is -2.29. The number of ether oxygens (including phenoxy) is 1. The first-order chi connectivity index (χ1) is 16.3. The highest BCUT2D eigenvalue weighted by atomic mass is 35.5. The van der Waals surface area contributed by atoms with Gasteiger partial charge in [0.25, 0.3) is 5.91 Å². The van der Waals surface area contributed by atoms with Crippen molar-refractivity contribution in [3.05, 3.63) is 47.3 Å². The second kappa shape index (κ2) is 10.4. The molecule has 0 bridgehead atoms. The predicted molar refractivity (Wildman–Crippen MR) is 133 cm³/mol. The Morgan fingerprint density at radius 3 is 2.56 bits per heavy atom. The standard InChI is InChI=1S/C25H29ClN4O4/c1-30(2)14-15-4-6-16(7-5-15)24(31)29-22-19-10-9-18(33-3)12-20(19)34-23(22)25(32)28-21-11-8-17(26)13-27-21/h8-13,15-16H,4-7,14H2,1-3H3,(H,29,31)(H,27,28,32). The van der Waals surface area contributed by atoms with E-state index in [0.29, 0.717) is 39.2 Å². The number of anilines is 2. The molecule has 0 spiro atoms. The fourth-order valence-corrected chi connectivity index (χ4v) is 4.57. The summed E-state index contributed by atoms with van der Waals surface area (Å²) in [6.45, 7) is 1.03. The minimum Gasteiger partial charge on any atom is -0.497 e. The third kappa shape index (κ3) is 5.51. The van der Waals surface area contributed by atoms with Gasteiger partial charge in [0.15, 0.2) is 0 Å². The van der Waals surface area contributed by atoms with Crippen molar-refractivity contribution in [3.8, 4) is 5.75 Å². The van der Waals surface area contributed by atoms with Gasteiger partial charge in [-0.15, -0.1) is 0 Å². The molecule has 180 valence electrons. The summed E-state index contributed by atoms with van der Waals surface area (Å²) >= 11 is 5.88. The van der Waals surface area contributed by atoms with Crippen LogP contribution in [-0.2, 0) is 4.79 Å². The number of rotatable bonds is 7. The van der Waals surface area contributed by atoms with Crippen LogP contribution >= 0.6 is 11.6 Å². The second-order valence-electron chi connectivity index (χ2n) is 8.95. The average Bonchev–Trinajstić information content (AvgIpc) is 3.18. The highest BCUT2D eigenvalue weighted by Gasteiger charge is 2.29. The van der Waals surface area contributed by atoms with E-state index >= 15 is 0 Å². The molecule has 2 amide bonds. The summed E-state index contributed by atoms with van der Waals surface area (Å²) in [4.78, 5) is 32.6. The van der Waals surface area contributed by atoms with E-state index in [1.165, 1.54) is 6.20 Å². The molecule has 0 unspecified atom stereocenters. The van der Waals surface area contributed by atoms with Crippen molar-refractivity contribution >= 4 is 45.9 Å². The summed E-state index contributed by atoms with van der Waals surface area (Å²) in [6, 6.07) is 8.45. The van der Waals surface area contributed by atoms with Crippen LogP contribution in [-0.4, -0.2) is 49.4 Å². The van der Waals surface area contributed by atoms with Crippen LogP contribution in [0.2, 0.25) is 5.02 Å². The van der Waals surface area contributed by atoms with Crippen LogP contribution in [0.25, 0.3) is 11.0 Å². The molecule has 0 atom stereocenters. The van der Waals surface area contributed by atoms with E-state index in [1.807, 2.05) is 0 Å². The van der Waals surface area contributed by atoms with Gasteiger partial charge in [0, 0.05) is 30.1 Å². The third-order valence-corrected chi connectivity index (χ3v) is 6.39. The Kier molecular flexibility index (Phi) is 7.38. The zero-order valence-corrected chi connectivity index (χ0v) is 20.3. The number of furan rings is 1. The van der Waals surface area contributed by atoms with E-state index in [1.54, 1.807) is 37.4 Å². The van der Waals surface area contributed by atoms with E-state index in [0.717, 1.165) is 32.2 Å². The third-order valence-electron chi connectivity index (χ3n) is 6.16. The Balaban J connectivity index is 1.57. The summed E-state index contributed by atoms with van der Waals surface area (Å²) in [5, 5.41) is 6.78. The maximum absolute atomic E-state index is 13.2. The number of benzene rings is 1. The maximum Gasteiger partial charge on any atom is 0.294 e. The molecule has 9 heteroatoms. The van der Waals surface area contributed by atoms with Gasteiger partial charge in [-0.3, -0.25) is 9.59 Å². The number of carbonyl (C=O) groups excluding carboxylic acids is 2. The Morgan fingerprint density at radius 1 is 1.15 bits per heavy atom. The fourth-order valence-electron chi connectivity index (χ4n) is 4.46. The maximum atomic E-state index is 13.2. The molecule has 8 nitrogen and oxygen atoms in total. The van der Waals surface area contributed by atoms with Crippen LogP contribution in [0.4, 0.5) is 11.5 Å². The molecule has 34 heavy (non-hydrogen) atoms. The van der Waals surface area contributed by atoms with Gasteiger partial charge in [-0.25, -0.2) is 4.98 Å². The van der Waals surface area contributed by atoms with E-state index in [9.17, 15) is 9.59 Å². The van der Waals surface area contributed by atoms with Crippen LogP contribution in [0.1, 0.15) is 36.2 Å². The van der Waals surface area contributed by atoms with E-state index in [2.05, 4.69) is 34.6 Å². The van der Waals surface area contributed by atoms with Gasteiger partial charge in [0.1, 0.15) is 22.8 Å². The highest BCUT2D eigenvalue weighted by molar-refractivity contribution is 6.30. The minimum atomic E-state index is -0.519. The SMILES string of the molecule is COc1ccc2c(NC(=O)C3CCC(CN(C)C)CC3)c(C(=O)Nc3ccc(Cl)cn3)oc2c1. The second-order valence-corrected chi connectivity index (χ2v) is 9.39. The number of halogens is 1. The van der Waals surface area contributed by atoms with Crippen molar-refractivity contribution in [1.82, 2.24) is 9.88 Å². The first kappa shape index (κ1) is 24.0. The molecular formula is C25H29ClN4O4.